The molecule has 3 rings (SSSR count). The van der Waals surface area contributed by atoms with Crippen molar-refractivity contribution < 1.29 is 40.3 Å². The van der Waals surface area contributed by atoms with Gasteiger partial charge in [-0.3, -0.25) is 4.79 Å². The van der Waals surface area contributed by atoms with Gasteiger partial charge in [0.05, 0.1) is 23.3 Å². The fourth-order valence-electron chi connectivity index (χ4n) is 4.26. The molecular weight excluding hydrogens is 441 g/mol. The second-order valence-electron chi connectivity index (χ2n) is 8.03. The highest BCUT2D eigenvalue weighted by atomic mass is 19.4. The number of ketones is 1. The van der Waals surface area contributed by atoms with Crippen molar-refractivity contribution in [1.82, 2.24) is 0 Å². The fraction of sp³-hybridized carbons (Fsp3) is 0.435. The van der Waals surface area contributed by atoms with E-state index in [9.17, 15) is 35.5 Å². The van der Waals surface area contributed by atoms with Crippen molar-refractivity contribution in [3.05, 3.63) is 70.5 Å². The van der Waals surface area contributed by atoms with Crippen LogP contribution in [-0.2, 0) is 21.9 Å². The van der Waals surface area contributed by atoms with Crippen LogP contribution in [-0.4, -0.2) is 11.9 Å². The highest BCUT2D eigenvalue weighted by Gasteiger charge is 2.42. The zero-order valence-electron chi connectivity index (χ0n) is 17.2. The van der Waals surface area contributed by atoms with E-state index in [1.165, 1.54) is 38.1 Å². The largest absolute Gasteiger partial charge is 0.416 e. The Bertz CT molecular complexity index is 932. The first-order valence-corrected chi connectivity index (χ1v) is 9.98. The minimum atomic E-state index is -4.96. The summed E-state index contributed by atoms with van der Waals surface area (Å²) in [6.45, 7) is 2.79. The first kappa shape index (κ1) is 24.2. The molecule has 0 aliphatic heterocycles. The summed E-state index contributed by atoms with van der Waals surface area (Å²) in [6.07, 6.45) is -10.8. The Morgan fingerprint density at radius 2 is 1.47 bits per heavy atom. The molecule has 0 saturated heterocycles. The molecule has 0 radical (unpaired) electrons. The Labute approximate surface area is 180 Å². The first-order chi connectivity index (χ1) is 14.8. The molecule has 1 saturated carbocycles. The van der Waals surface area contributed by atoms with Crippen LogP contribution in [0.5, 0.6) is 0 Å². The zero-order chi connectivity index (χ0) is 23.8. The number of hydrogen-bond donors (Lipinski definition) is 0. The van der Waals surface area contributed by atoms with Crippen LogP contribution in [0.3, 0.4) is 0 Å². The number of halogens is 7. The van der Waals surface area contributed by atoms with E-state index in [4.69, 9.17) is 4.74 Å². The number of hydrogen-bond acceptors (Lipinski definition) is 2. The van der Waals surface area contributed by atoms with E-state index in [0.29, 0.717) is 30.5 Å². The van der Waals surface area contributed by atoms with Gasteiger partial charge >= 0.3 is 12.4 Å². The third-order valence-corrected chi connectivity index (χ3v) is 5.83. The van der Waals surface area contributed by atoms with E-state index >= 15 is 0 Å². The third kappa shape index (κ3) is 5.31. The predicted molar refractivity (Wildman–Crippen MR) is 102 cm³/mol. The smallest absolute Gasteiger partial charge is 0.370 e. The number of carbonyl (C=O) groups excluding carboxylic acids is 1. The summed E-state index contributed by atoms with van der Waals surface area (Å²) in [7, 11) is 0. The first-order valence-electron chi connectivity index (χ1n) is 9.98. The van der Waals surface area contributed by atoms with Gasteiger partial charge in [0.1, 0.15) is 11.6 Å². The lowest BCUT2D eigenvalue weighted by Gasteiger charge is -2.28. The molecule has 0 aromatic heterocycles. The topological polar surface area (TPSA) is 26.3 Å². The number of rotatable bonds is 5. The molecule has 1 aliphatic rings. The molecule has 0 heterocycles. The van der Waals surface area contributed by atoms with Crippen LogP contribution in [0.15, 0.2) is 42.5 Å². The molecule has 0 spiro atoms. The van der Waals surface area contributed by atoms with Crippen LogP contribution in [0.4, 0.5) is 30.7 Å². The van der Waals surface area contributed by atoms with Crippen LogP contribution in [0.25, 0.3) is 0 Å². The average molecular weight is 462 g/mol. The minimum absolute atomic E-state index is 0.0683. The van der Waals surface area contributed by atoms with E-state index in [0.717, 1.165) is 0 Å². The molecule has 2 aromatic carbocycles. The maximum Gasteiger partial charge on any atom is 0.416 e. The maximum absolute atomic E-state index is 13.3. The van der Waals surface area contributed by atoms with E-state index in [2.05, 4.69) is 0 Å². The Hall–Kier alpha value is -2.42. The second-order valence-corrected chi connectivity index (χ2v) is 8.03. The molecule has 2 aromatic rings. The summed E-state index contributed by atoms with van der Waals surface area (Å²) >= 11 is 0. The summed E-state index contributed by atoms with van der Waals surface area (Å²) in [6, 6.07) is 6.83. The highest BCUT2D eigenvalue weighted by Crippen LogP contribution is 2.45. The number of benzene rings is 2. The van der Waals surface area contributed by atoms with Crippen LogP contribution in [0, 0.1) is 11.7 Å². The van der Waals surface area contributed by atoms with E-state index < -0.39 is 53.3 Å². The van der Waals surface area contributed by atoms with E-state index in [1.807, 2.05) is 0 Å². The normalized spacial score (nSPS) is 22.7. The van der Waals surface area contributed by atoms with Crippen LogP contribution >= 0.6 is 0 Å². The summed E-state index contributed by atoms with van der Waals surface area (Å²) in [4.78, 5) is 12.1. The molecule has 4 atom stereocenters. The Morgan fingerprint density at radius 3 is 1.94 bits per heavy atom. The van der Waals surface area contributed by atoms with Crippen LogP contribution in [0.2, 0.25) is 0 Å². The van der Waals surface area contributed by atoms with Gasteiger partial charge < -0.3 is 4.74 Å². The molecule has 2 nitrogen and oxygen atoms in total. The summed E-state index contributed by atoms with van der Waals surface area (Å²) < 4.78 is 98.4. The second kappa shape index (κ2) is 8.84. The van der Waals surface area contributed by atoms with Crippen molar-refractivity contribution in [2.24, 2.45) is 5.92 Å². The van der Waals surface area contributed by atoms with Crippen molar-refractivity contribution in [2.75, 3.05) is 0 Å². The van der Waals surface area contributed by atoms with Gasteiger partial charge in [-0.05, 0) is 68.1 Å². The number of Topliss-reactive ketones (excluding diaryl/α,β-unsaturated/α-hetero) is 1. The third-order valence-electron chi connectivity index (χ3n) is 5.83. The minimum Gasteiger partial charge on any atom is -0.370 e. The molecule has 0 N–H and O–H groups in total. The number of alkyl halides is 6. The molecule has 0 bridgehead atoms. The SMILES string of the molecule is CC(=O)[C@@H]1CC[C@H](O[C@H](C)c2cc(C(F)(F)F)cc(C(F)(F)F)c2)[C@H]1c1ccc(F)cc1. The number of ether oxygens (including phenoxy) is 1. The fourth-order valence-corrected chi connectivity index (χ4v) is 4.26. The summed E-state index contributed by atoms with van der Waals surface area (Å²) in [5, 5.41) is 0. The van der Waals surface area contributed by atoms with Gasteiger partial charge in [-0.1, -0.05) is 12.1 Å². The lowest BCUT2D eigenvalue weighted by atomic mass is 9.85. The lowest BCUT2D eigenvalue weighted by molar-refractivity contribution is -0.143. The van der Waals surface area contributed by atoms with Gasteiger partial charge in [0, 0.05) is 11.8 Å². The number of carbonyl (C=O) groups is 1. The van der Waals surface area contributed by atoms with Crippen molar-refractivity contribution in [2.45, 2.75) is 57.2 Å². The van der Waals surface area contributed by atoms with Crippen molar-refractivity contribution >= 4 is 5.78 Å². The highest BCUT2D eigenvalue weighted by molar-refractivity contribution is 5.80. The van der Waals surface area contributed by atoms with E-state index in [-0.39, 0.29) is 17.4 Å². The van der Waals surface area contributed by atoms with E-state index in [1.54, 1.807) is 0 Å². The molecule has 1 fully saturated rings. The molecule has 174 valence electrons. The lowest BCUT2D eigenvalue weighted by Crippen LogP contribution is -2.25. The van der Waals surface area contributed by atoms with Crippen LogP contribution in [0.1, 0.15) is 61.0 Å². The molecule has 0 amide bonds. The molecule has 1 aliphatic carbocycles. The van der Waals surface area contributed by atoms with Crippen molar-refractivity contribution in [1.29, 1.82) is 0 Å². The molecule has 0 unspecified atom stereocenters. The quantitative estimate of drug-likeness (QED) is 0.444. The zero-order valence-corrected chi connectivity index (χ0v) is 17.2. The molecule has 32 heavy (non-hydrogen) atoms. The Kier molecular flexibility index (Phi) is 6.70. The Morgan fingerprint density at radius 1 is 0.938 bits per heavy atom. The standard InChI is InChI=1S/C23H21F7O2/c1-12(31)19-7-8-20(21(19)14-3-5-18(24)6-4-14)32-13(2)15-9-16(22(25,26)27)11-17(10-15)23(28,29)30/h3-6,9-11,13,19-21H,7-8H2,1-2H3/t13-,19+,20+,21+/m1/s1. The maximum atomic E-state index is 13.3. The van der Waals surface area contributed by atoms with Gasteiger partial charge in [-0.15, -0.1) is 0 Å². The predicted octanol–water partition coefficient (Wildman–Crippen LogP) is 7.09. The van der Waals surface area contributed by atoms with Crippen molar-refractivity contribution in [3.63, 3.8) is 0 Å². The van der Waals surface area contributed by atoms with Crippen LogP contribution < -0.4 is 0 Å². The molecule has 9 heteroatoms. The molecular formula is C23H21F7O2. The Balaban J connectivity index is 1.93. The van der Waals surface area contributed by atoms with Gasteiger partial charge in [0.2, 0.25) is 0 Å². The average Bonchev–Trinajstić information content (AvgIpc) is 3.10. The van der Waals surface area contributed by atoms with Gasteiger partial charge in [0.15, 0.2) is 0 Å². The summed E-state index contributed by atoms with van der Waals surface area (Å²) in [5.41, 5.74) is -2.47. The van der Waals surface area contributed by atoms with Gasteiger partial charge in [0.25, 0.3) is 0 Å². The summed E-state index contributed by atoms with van der Waals surface area (Å²) in [5.74, 6) is -1.51. The van der Waals surface area contributed by atoms with Gasteiger partial charge in [-0.2, -0.15) is 26.3 Å². The van der Waals surface area contributed by atoms with Gasteiger partial charge in [-0.25, -0.2) is 4.39 Å². The monoisotopic (exact) mass is 462 g/mol. The van der Waals surface area contributed by atoms with Crippen molar-refractivity contribution in [3.8, 4) is 0 Å².